The molecule has 1 saturated heterocycles. The standard InChI is InChI=1S/C13H13NO2/c1-9-15-13(16-9)6-5-10-3-2-4-12-11(10)7-8-14-12/h2-9,13-14H,1H3/b6-5+. The van der Waals surface area contributed by atoms with Crippen molar-refractivity contribution in [3.63, 3.8) is 0 Å². The minimum atomic E-state index is -0.191. The SMILES string of the molecule is CC1OC(/C=C/c2cccc3[nH]ccc23)O1. The van der Waals surface area contributed by atoms with Crippen molar-refractivity contribution >= 4 is 17.0 Å². The summed E-state index contributed by atoms with van der Waals surface area (Å²) in [6.45, 7) is 1.89. The smallest absolute Gasteiger partial charge is 0.183 e. The van der Waals surface area contributed by atoms with Crippen molar-refractivity contribution in [3.8, 4) is 0 Å². The van der Waals surface area contributed by atoms with Crippen molar-refractivity contribution in [2.24, 2.45) is 0 Å². The third kappa shape index (κ3) is 1.64. The van der Waals surface area contributed by atoms with Gasteiger partial charge in [-0.25, -0.2) is 0 Å². The van der Waals surface area contributed by atoms with Crippen molar-refractivity contribution in [2.45, 2.75) is 19.5 Å². The largest absolute Gasteiger partial charge is 0.361 e. The number of hydrogen-bond donors (Lipinski definition) is 1. The van der Waals surface area contributed by atoms with Gasteiger partial charge in [-0.3, -0.25) is 0 Å². The van der Waals surface area contributed by atoms with Gasteiger partial charge in [-0.2, -0.15) is 0 Å². The fraction of sp³-hybridized carbons (Fsp3) is 0.231. The molecule has 2 aromatic rings. The van der Waals surface area contributed by atoms with Crippen molar-refractivity contribution < 1.29 is 9.47 Å². The van der Waals surface area contributed by atoms with Crippen LogP contribution < -0.4 is 0 Å². The Hall–Kier alpha value is -1.58. The van der Waals surface area contributed by atoms with Gasteiger partial charge < -0.3 is 14.5 Å². The van der Waals surface area contributed by atoms with Gasteiger partial charge in [-0.15, -0.1) is 0 Å². The van der Waals surface area contributed by atoms with E-state index in [0.29, 0.717) is 0 Å². The first kappa shape index (κ1) is 9.63. The van der Waals surface area contributed by atoms with Crippen LogP contribution in [0.25, 0.3) is 17.0 Å². The van der Waals surface area contributed by atoms with Gasteiger partial charge in [-0.05, 0) is 30.7 Å². The molecule has 82 valence electrons. The number of hydrogen-bond acceptors (Lipinski definition) is 2. The quantitative estimate of drug-likeness (QED) is 0.835. The molecule has 1 fully saturated rings. The van der Waals surface area contributed by atoms with Gasteiger partial charge in [-0.1, -0.05) is 18.2 Å². The molecule has 3 heteroatoms. The first-order valence-electron chi connectivity index (χ1n) is 5.38. The second-order valence-electron chi connectivity index (χ2n) is 3.85. The molecule has 0 saturated carbocycles. The zero-order valence-corrected chi connectivity index (χ0v) is 9.01. The molecule has 0 radical (unpaired) electrons. The third-order valence-electron chi connectivity index (χ3n) is 2.71. The van der Waals surface area contributed by atoms with E-state index in [9.17, 15) is 0 Å². The number of ether oxygens (including phenoxy) is 2. The average molecular weight is 215 g/mol. The van der Waals surface area contributed by atoms with Gasteiger partial charge in [0.1, 0.15) is 0 Å². The Morgan fingerprint density at radius 1 is 1.25 bits per heavy atom. The van der Waals surface area contributed by atoms with Crippen LogP contribution in [0.1, 0.15) is 12.5 Å². The van der Waals surface area contributed by atoms with Gasteiger partial charge in [0.05, 0.1) is 0 Å². The summed E-state index contributed by atoms with van der Waals surface area (Å²) in [5.74, 6) is 0. The molecule has 1 aromatic carbocycles. The Balaban J connectivity index is 1.86. The van der Waals surface area contributed by atoms with Crippen LogP contribution in [0.5, 0.6) is 0 Å². The van der Waals surface area contributed by atoms with Crippen LogP contribution in [0.4, 0.5) is 0 Å². The second kappa shape index (κ2) is 3.77. The number of benzene rings is 1. The molecular weight excluding hydrogens is 202 g/mol. The molecule has 0 aliphatic carbocycles. The van der Waals surface area contributed by atoms with Crippen molar-refractivity contribution in [1.82, 2.24) is 4.98 Å². The van der Waals surface area contributed by atoms with E-state index in [1.165, 1.54) is 10.9 Å². The molecule has 16 heavy (non-hydrogen) atoms. The molecule has 1 N–H and O–H groups in total. The lowest BCUT2D eigenvalue weighted by Gasteiger charge is -2.31. The lowest BCUT2D eigenvalue weighted by molar-refractivity contribution is -0.354. The lowest BCUT2D eigenvalue weighted by atomic mass is 10.1. The minimum absolute atomic E-state index is 0.0716. The number of aromatic amines is 1. The molecule has 0 bridgehead atoms. The molecule has 3 rings (SSSR count). The normalized spacial score (nSPS) is 25.1. The van der Waals surface area contributed by atoms with Crippen molar-refractivity contribution in [3.05, 3.63) is 42.1 Å². The maximum Gasteiger partial charge on any atom is 0.183 e. The number of nitrogens with one attached hydrogen (secondary N) is 1. The van der Waals surface area contributed by atoms with Gasteiger partial charge in [0.25, 0.3) is 0 Å². The predicted molar refractivity (Wildman–Crippen MR) is 62.8 cm³/mol. The van der Waals surface area contributed by atoms with Crippen molar-refractivity contribution in [1.29, 1.82) is 0 Å². The number of aromatic nitrogens is 1. The molecule has 0 amide bonds. The summed E-state index contributed by atoms with van der Waals surface area (Å²) in [7, 11) is 0. The first-order valence-corrected chi connectivity index (χ1v) is 5.38. The maximum absolute atomic E-state index is 5.34. The zero-order chi connectivity index (χ0) is 11.0. The van der Waals surface area contributed by atoms with Crippen LogP contribution >= 0.6 is 0 Å². The highest BCUT2D eigenvalue weighted by molar-refractivity contribution is 5.88. The average Bonchev–Trinajstić information content (AvgIpc) is 2.71. The Labute approximate surface area is 93.7 Å². The molecule has 0 spiro atoms. The summed E-state index contributed by atoms with van der Waals surface area (Å²) in [6.07, 6.45) is 5.65. The summed E-state index contributed by atoms with van der Waals surface area (Å²) in [5.41, 5.74) is 2.32. The van der Waals surface area contributed by atoms with E-state index in [0.717, 1.165) is 5.52 Å². The van der Waals surface area contributed by atoms with Gasteiger partial charge in [0.2, 0.25) is 0 Å². The fourth-order valence-electron chi connectivity index (χ4n) is 1.92. The molecule has 1 aromatic heterocycles. The predicted octanol–water partition coefficient (Wildman–Crippen LogP) is 2.90. The van der Waals surface area contributed by atoms with Crippen LogP contribution in [0.3, 0.4) is 0 Å². The van der Waals surface area contributed by atoms with Crippen LogP contribution in [-0.2, 0) is 9.47 Å². The van der Waals surface area contributed by atoms with E-state index in [-0.39, 0.29) is 12.6 Å². The third-order valence-corrected chi connectivity index (χ3v) is 2.71. The van der Waals surface area contributed by atoms with E-state index in [1.54, 1.807) is 0 Å². The summed E-state index contributed by atoms with van der Waals surface area (Å²) < 4.78 is 10.7. The number of rotatable bonds is 2. The molecule has 1 aliphatic heterocycles. The number of fused-ring (bicyclic) bond motifs is 1. The molecule has 0 unspecified atom stereocenters. The second-order valence-corrected chi connectivity index (χ2v) is 3.85. The zero-order valence-electron chi connectivity index (χ0n) is 9.01. The van der Waals surface area contributed by atoms with Gasteiger partial charge >= 0.3 is 0 Å². The summed E-state index contributed by atoms with van der Waals surface area (Å²) in [6, 6.07) is 8.24. The van der Waals surface area contributed by atoms with Gasteiger partial charge in [0, 0.05) is 17.1 Å². The van der Waals surface area contributed by atoms with E-state index in [1.807, 2.05) is 31.3 Å². The van der Waals surface area contributed by atoms with Gasteiger partial charge in [0.15, 0.2) is 12.6 Å². The maximum atomic E-state index is 5.34. The summed E-state index contributed by atoms with van der Waals surface area (Å²) >= 11 is 0. The molecule has 1 aliphatic rings. The van der Waals surface area contributed by atoms with Crippen LogP contribution in [0, 0.1) is 0 Å². The molecule has 3 nitrogen and oxygen atoms in total. The Bertz CT molecular complexity index is 523. The van der Waals surface area contributed by atoms with Crippen LogP contribution in [-0.4, -0.2) is 17.6 Å². The van der Waals surface area contributed by atoms with E-state index < -0.39 is 0 Å². The Morgan fingerprint density at radius 3 is 2.94 bits per heavy atom. The molecular formula is C13H13NO2. The van der Waals surface area contributed by atoms with E-state index in [2.05, 4.69) is 23.2 Å². The van der Waals surface area contributed by atoms with Crippen molar-refractivity contribution in [2.75, 3.05) is 0 Å². The Morgan fingerprint density at radius 2 is 2.12 bits per heavy atom. The summed E-state index contributed by atoms with van der Waals surface area (Å²) in [4.78, 5) is 3.19. The summed E-state index contributed by atoms with van der Waals surface area (Å²) in [5, 5.41) is 1.21. The highest BCUT2D eigenvalue weighted by Crippen LogP contribution is 2.21. The minimum Gasteiger partial charge on any atom is -0.361 e. The van der Waals surface area contributed by atoms with Crippen LogP contribution in [0.2, 0.25) is 0 Å². The van der Waals surface area contributed by atoms with Crippen LogP contribution in [0.15, 0.2) is 36.5 Å². The molecule has 2 heterocycles. The topological polar surface area (TPSA) is 34.2 Å². The van der Waals surface area contributed by atoms with E-state index >= 15 is 0 Å². The lowest BCUT2D eigenvalue weighted by Crippen LogP contribution is -2.36. The Kier molecular flexibility index (Phi) is 2.27. The van der Waals surface area contributed by atoms with E-state index in [4.69, 9.17) is 9.47 Å². The fourth-order valence-corrected chi connectivity index (χ4v) is 1.92. The molecule has 0 atom stereocenters. The highest BCUT2D eigenvalue weighted by Gasteiger charge is 2.23. The highest BCUT2D eigenvalue weighted by atomic mass is 16.9. The first-order chi connectivity index (χ1) is 7.83. The monoisotopic (exact) mass is 215 g/mol. The number of H-pyrrole nitrogens is 1.